The number of nitrogens with zero attached hydrogens (tertiary/aromatic N) is 2. The van der Waals surface area contributed by atoms with Crippen LogP contribution in [0.15, 0.2) is 6.20 Å². The number of nitrogens with one attached hydrogen (secondary N) is 1. The van der Waals surface area contributed by atoms with Crippen LogP contribution in [0, 0.1) is 0 Å². The second-order valence-corrected chi connectivity index (χ2v) is 6.18. The van der Waals surface area contributed by atoms with Crippen LogP contribution >= 0.6 is 11.3 Å². The summed E-state index contributed by atoms with van der Waals surface area (Å²) in [4.78, 5) is 8.19. The number of hydrogen-bond donors (Lipinski definition) is 1. The number of anilines is 1. The summed E-state index contributed by atoms with van der Waals surface area (Å²) in [5.74, 6) is 0. The maximum atomic E-state index is 5.45. The molecular formula is C13H23N3OS. The average molecular weight is 269 g/mol. The summed E-state index contributed by atoms with van der Waals surface area (Å²) in [6, 6.07) is 0.517. The maximum absolute atomic E-state index is 5.45. The van der Waals surface area contributed by atoms with Crippen LogP contribution in [0.25, 0.3) is 0 Å². The van der Waals surface area contributed by atoms with Gasteiger partial charge in [-0.3, -0.25) is 0 Å². The number of methoxy groups -OCH3 is 1. The Kier molecular flexibility index (Phi) is 4.97. The fraction of sp³-hybridized carbons (Fsp3) is 0.769. The molecule has 1 aromatic rings. The van der Waals surface area contributed by atoms with Gasteiger partial charge in [-0.25, -0.2) is 4.98 Å². The Morgan fingerprint density at radius 3 is 3.17 bits per heavy atom. The summed E-state index contributed by atoms with van der Waals surface area (Å²) in [5.41, 5.74) is 0. The molecule has 1 N–H and O–H groups in total. The van der Waals surface area contributed by atoms with E-state index in [-0.39, 0.29) is 0 Å². The van der Waals surface area contributed by atoms with Crippen LogP contribution in [0.4, 0.5) is 5.13 Å². The first-order valence-corrected chi connectivity index (χ1v) is 7.46. The van der Waals surface area contributed by atoms with Crippen LogP contribution < -0.4 is 10.2 Å². The molecule has 0 amide bonds. The predicted molar refractivity (Wildman–Crippen MR) is 76.3 cm³/mol. The van der Waals surface area contributed by atoms with Gasteiger partial charge in [0.05, 0.1) is 6.10 Å². The normalized spacial score (nSPS) is 20.7. The van der Waals surface area contributed by atoms with E-state index in [9.17, 15) is 0 Å². The minimum atomic E-state index is 0.361. The Labute approximate surface area is 113 Å². The SMILES string of the molecule is COC1CCCN(c2ncc(CNC(C)C)s2)C1. The van der Waals surface area contributed by atoms with E-state index in [1.165, 1.54) is 17.7 Å². The van der Waals surface area contributed by atoms with E-state index in [0.29, 0.717) is 12.1 Å². The largest absolute Gasteiger partial charge is 0.380 e. The topological polar surface area (TPSA) is 37.4 Å². The maximum Gasteiger partial charge on any atom is 0.185 e. The highest BCUT2D eigenvalue weighted by Gasteiger charge is 2.21. The molecule has 1 aromatic heterocycles. The zero-order chi connectivity index (χ0) is 13.0. The highest BCUT2D eigenvalue weighted by Crippen LogP contribution is 2.26. The van der Waals surface area contributed by atoms with Gasteiger partial charge in [-0.05, 0) is 12.8 Å². The first-order valence-electron chi connectivity index (χ1n) is 6.65. The Bertz CT molecular complexity index is 367. The van der Waals surface area contributed by atoms with Gasteiger partial charge in [-0.1, -0.05) is 13.8 Å². The van der Waals surface area contributed by atoms with Gasteiger partial charge in [0, 0.05) is 43.9 Å². The molecule has 1 aliphatic rings. The monoisotopic (exact) mass is 269 g/mol. The summed E-state index contributed by atoms with van der Waals surface area (Å²) < 4.78 is 5.45. The van der Waals surface area contributed by atoms with E-state index >= 15 is 0 Å². The lowest BCUT2D eigenvalue weighted by Gasteiger charge is -2.31. The third-order valence-electron chi connectivity index (χ3n) is 3.21. The number of aromatic nitrogens is 1. The van der Waals surface area contributed by atoms with Gasteiger partial charge in [-0.2, -0.15) is 0 Å². The number of hydrogen-bond acceptors (Lipinski definition) is 5. The lowest BCUT2D eigenvalue weighted by atomic mass is 10.1. The molecule has 1 fully saturated rings. The summed E-state index contributed by atoms with van der Waals surface area (Å²) in [7, 11) is 1.80. The van der Waals surface area contributed by atoms with Crippen molar-refractivity contribution in [1.82, 2.24) is 10.3 Å². The summed E-state index contributed by atoms with van der Waals surface area (Å²) in [5, 5.41) is 4.56. The molecule has 0 saturated carbocycles. The molecule has 102 valence electrons. The molecule has 1 aliphatic heterocycles. The molecule has 1 saturated heterocycles. The minimum absolute atomic E-state index is 0.361. The summed E-state index contributed by atoms with van der Waals surface area (Å²) >= 11 is 1.79. The number of rotatable bonds is 5. The van der Waals surface area contributed by atoms with Crippen LogP contribution in [0.2, 0.25) is 0 Å². The Morgan fingerprint density at radius 2 is 2.44 bits per heavy atom. The molecule has 1 unspecified atom stereocenters. The molecule has 0 radical (unpaired) electrons. The minimum Gasteiger partial charge on any atom is -0.380 e. The van der Waals surface area contributed by atoms with Crippen molar-refractivity contribution in [3.8, 4) is 0 Å². The second-order valence-electron chi connectivity index (χ2n) is 5.09. The van der Waals surface area contributed by atoms with E-state index in [2.05, 4.69) is 29.0 Å². The van der Waals surface area contributed by atoms with Gasteiger partial charge >= 0.3 is 0 Å². The van der Waals surface area contributed by atoms with Crippen molar-refractivity contribution in [3.63, 3.8) is 0 Å². The smallest absolute Gasteiger partial charge is 0.185 e. The van der Waals surface area contributed by atoms with E-state index < -0.39 is 0 Å². The van der Waals surface area contributed by atoms with Crippen molar-refractivity contribution in [2.24, 2.45) is 0 Å². The lowest BCUT2D eigenvalue weighted by molar-refractivity contribution is 0.0893. The zero-order valence-corrected chi connectivity index (χ0v) is 12.3. The van der Waals surface area contributed by atoms with E-state index in [4.69, 9.17) is 4.74 Å². The average Bonchev–Trinajstić information content (AvgIpc) is 2.85. The van der Waals surface area contributed by atoms with Crippen LogP contribution in [-0.4, -0.2) is 37.3 Å². The standard InChI is InChI=1S/C13H23N3OS/c1-10(2)14-7-12-8-15-13(18-12)16-6-4-5-11(9-16)17-3/h8,10-11,14H,4-7,9H2,1-3H3. The zero-order valence-electron chi connectivity index (χ0n) is 11.5. The first kappa shape index (κ1) is 13.8. The van der Waals surface area contributed by atoms with Crippen molar-refractivity contribution in [3.05, 3.63) is 11.1 Å². The van der Waals surface area contributed by atoms with E-state index in [1.54, 1.807) is 18.4 Å². The fourth-order valence-electron chi connectivity index (χ4n) is 2.13. The summed E-state index contributed by atoms with van der Waals surface area (Å²) in [6.45, 7) is 7.31. The van der Waals surface area contributed by atoms with Gasteiger partial charge in [-0.15, -0.1) is 11.3 Å². The number of thiazole rings is 1. The molecule has 2 heterocycles. The third kappa shape index (κ3) is 3.67. The Morgan fingerprint density at radius 1 is 1.61 bits per heavy atom. The van der Waals surface area contributed by atoms with Crippen molar-refractivity contribution in [2.45, 2.75) is 45.4 Å². The highest BCUT2D eigenvalue weighted by molar-refractivity contribution is 7.15. The fourth-order valence-corrected chi connectivity index (χ4v) is 3.03. The molecule has 0 aliphatic carbocycles. The first-order chi connectivity index (χ1) is 8.69. The molecule has 0 spiro atoms. The van der Waals surface area contributed by atoms with Gasteiger partial charge in [0.15, 0.2) is 5.13 Å². The van der Waals surface area contributed by atoms with E-state index in [0.717, 1.165) is 24.8 Å². The molecule has 0 aromatic carbocycles. The Balaban J connectivity index is 1.92. The van der Waals surface area contributed by atoms with Crippen LogP contribution in [0.5, 0.6) is 0 Å². The van der Waals surface area contributed by atoms with E-state index in [1.807, 2.05) is 6.20 Å². The number of piperidine rings is 1. The summed E-state index contributed by atoms with van der Waals surface area (Å²) in [6.07, 6.45) is 4.71. The number of ether oxygens (including phenoxy) is 1. The van der Waals surface area contributed by atoms with Gasteiger partial charge in [0.2, 0.25) is 0 Å². The third-order valence-corrected chi connectivity index (χ3v) is 4.27. The Hall–Kier alpha value is -0.650. The predicted octanol–water partition coefficient (Wildman–Crippen LogP) is 2.26. The molecule has 5 heteroatoms. The molecule has 1 atom stereocenters. The van der Waals surface area contributed by atoms with Crippen LogP contribution in [0.3, 0.4) is 0 Å². The van der Waals surface area contributed by atoms with Gasteiger partial charge < -0.3 is 15.0 Å². The van der Waals surface area contributed by atoms with Crippen molar-refractivity contribution >= 4 is 16.5 Å². The molecule has 18 heavy (non-hydrogen) atoms. The lowest BCUT2D eigenvalue weighted by Crippen LogP contribution is -2.39. The van der Waals surface area contributed by atoms with Crippen molar-refractivity contribution < 1.29 is 4.74 Å². The van der Waals surface area contributed by atoms with Gasteiger partial charge in [0.1, 0.15) is 0 Å². The highest BCUT2D eigenvalue weighted by atomic mass is 32.1. The molecule has 0 bridgehead atoms. The van der Waals surface area contributed by atoms with Crippen LogP contribution in [0.1, 0.15) is 31.6 Å². The van der Waals surface area contributed by atoms with Gasteiger partial charge in [0.25, 0.3) is 0 Å². The second kappa shape index (κ2) is 6.50. The van der Waals surface area contributed by atoms with Crippen LogP contribution in [-0.2, 0) is 11.3 Å². The van der Waals surface area contributed by atoms with Crippen molar-refractivity contribution in [2.75, 3.05) is 25.1 Å². The molecular weight excluding hydrogens is 246 g/mol. The van der Waals surface area contributed by atoms with Crippen molar-refractivity contribution in [1.29, 1.82) is 0 Å². The quantitative estimate of drug-likeness (QED) is 0.889. The molecule has 2 rings (SSSR count). The molecule has 4 nitrogen and oxygen atoms in total.